The van der Waals surface area contributed by atoms with Crippen LogP contribution in [0.5, 0.6) is 5.75 Å². The molecule has 24 heavy (non-hydrogen) atoms. The van der Waals surface area contributed by atoms with Crippen molar-refractivity contribution < 1.29 is 14.2 Å². The van der Waals surface area contributed by atoms with Crippen LogP contribution in [0.3, 0.4) is 0 Å². The molecule has 4 rings (SSSR count). The number of rotatable bonds is 4. The van der Waals surface area contributed by atoms with Crippen molar-refractivity contribution in [2.24, 2.45) is 0 Å². The first-order valence-electron chi connectivity index (χ1n) is 7.98. The molecule has 0 amide bonds. The normalized spacial score (nSPS) is 20.8. The summed E-state index contributed by atoms with van der Waals surface area (Å²) in [6.07, 6.45) is 3.49. The van der Waals surface area contributed by atoms with E-state index in [2.05, 4.69) is 29.2 Å². The van der Waals surface area contributed by atoms with Gasteiger partial charge < -0.3 is 19.2 Å². The minimum absolute atomic E-state index is 0.152. The smallest absolute Gasteiger partial charge is 0.183 e. The van der Waals surface area contributed by atoms with E-state index in [9.17, 15) is 0 Å². The SMILES string of the molecule is COc1cc(/C(=C\C2OC(C)O2)c2ccccc2)c2cc[nH]c2c1. The maximum atomic E-state index is 5.62. The predicted molar refractivity (Wildman–Crippen MR) is 93.8 cm³/mol. The molecule has 122 valence electrons. The number of aromatic nitrogens is 1. The zero-order valence-corrected chi connectivity index (χ0v) is 13.7. The Labute approximate surface area is 140 Å². The summed E-state index contributed by atoms with van der Waals surface area (Å²) in [6, 6.07) is 16.4. The fourth-order valence-electron chi connectivity index (χ4n) is 3.04. The van der Waals surface area contributed by atoms with E-state index < -0.39 is 0 Å². The van der Waals surface area contributed by atoms with Gasteiger partial charge in [-0.05, 0) is 41.8 Å². The molecule has 2 heterocycles. The van der Waals surface area contributed by atoms with E-state index in [0.717, 1.165) is 33.4 Å². The molecular weight excluding hydrogens is 302 g/mol. The van der Waals surface area contributed by atoms with Gasteiger partial charge in [0, 0.05) is 23.2 Å². The van der Waals surface area contributed by atoms with Crippen LogP contribution in [0.1, 0.15) is 18.1 Å². The van der Waals surface area contributed by atoms with Gasteiger partial charge >= 0.3 is 0 Å². The molecule has 3 aromatic rings. The highest BCUT2D eigenvalue weighted by molar-refractivity contribution is 5.97. The Hall–Kier alpha value is -2.56. The molecule has 0 atom stereocenters. The van der Waals surface area contributed by atoms with Crippen LogP contribution in [-0.4, -0.2) is 24.7 Å². The quantitative estimate of drug-likeness (QED) is 0.778. The summed E-state index contributed by atoms with van der Waals surface area (Å²) < 4.78 is 16.7. The lowest BCUT2D eigenvalue weighted by molar-refractivity contribution is -0.354. The highest BCUT2D eigenvalue weighted by Gasteiger charge is 2.26. The highest BCUT2D eigenvalue weighted by Crippen LogP contribution is 2.35. The fraction of sp³-hybridized carbons (Fsp3) is 0.200. The largest absolute Gasteiger partial charge is 0.497 e. The fourth-order valence-corrected chi connectivity index (χ4v) is 3.04. The van der Waals surface area contributed by atoms with Crippen LogP contribution in [-0.2, 0) is 9.47 Å². The average molecular weight is 321 g/mol. The van der Waals surface area contributed by atoms with E-state index in [0.29, 0.717) is 0 Å². The number of hydrogen-bond acceptors (Lipinski definition) is 3. The second-order valence-corrected chi connectivity index (χ2v) is 5.77. The Balaban J connectivity index is 1.89. The molecule has 0 unspecified atom stereocenters. The second-order valence-electron chi connectivity index (χ2n) is 5.77. The number of fused-ring (bicyclic) bond motifs is 1. The third-order valence-electron chi connectivity index (χ3n) is 4.21. The van der Waals surface area contributed by atoms with Gasteiger partial charge in [-0.15, -0.1) is 0 Å². The maximum absolute atomic E-state index is 5.62. The van der Waals surface area contributed by atoms with Crippen molar-refractivity contribution in [1.82, 2.24) is 4.98 Å². The Kier molecular flexibility index (Phi) is 3.84. The minimum Gasteiger partial charge on any atom is -0.497 e. The first-order chi connectivity index (χ1) is 11.7. The predicted octanol–water partition coefficient (Wildman–Crippen LogP) is 4.33. The Bertz CT molecular complexity index is 876. The van der Waals surface area contributed by atoms with Gasteiger partial charge in [-0.25, -0.2) is 0 Å². The summed E-state index contributed by atoms with van der Waals surface area (Å²) in [7, 11) is 1.68. The van der Waals surface area contributed by atoms with Crippen LogP contribution in [0, 0.1) is 0 Å². The number of methoxy groups -OCH3 is 1. The van der Waals surface area contributed by atoms with Gasteiger partial charge in [0.25, 0.3) is 0 Å². The van der Waals surface area contributed by atoms with Crippen molar-refractivity contribution in [2.45, 2.75) is 19.5 Å². The summed E-state index contributed by atoms with van der Waals surface area (Å²) in [5.74, 6) is 0.811. The summed E-state index contributed by atoms with van der Waals surface area (Å²) in [6.45, 7) is 1.89. The maximum Gasteiger partial charge on any atom is 0.183 e. The molecule has 1 saturated heterocycles. The van der Waals surface area contributed by atoms with E-state index >= 15 is 0 Å². The molecule has 4 nitrogen and oxygen atoms in total. The number of aromatic amines is 1. The first-order valence-corrected chi connectivity index (χ1v) is 7.98. The molecule has 1 aliphatic rings. The van der Waals surface area contributed by atoms with Gasteiger partial charge in [0.1, 0.15) is 5.75 Å². The van der Waals surface area contributed by atoms with Crippen LogP contribution < -0.4 is 4.74 Å². The summed E-state index contributed by atoms with van der Waals surface area (Å²) in [4.78, 5) is 3.26. The van der Waals surface area contributed by atoms with Crippen molar-refractivity contribution in [3.63, 3.8) is 0 Å². The van der Waals surface area contributed by atoms with E-state index in [4.69, 9.17) is 14.2 Å². The molecule has 0 spiro atoms. The second kappa shape index (κ2) is 6.15. The zero-order valence-electron chi connectivity index (χ0n) is 13.7. The van der Waals surface area contributed by atoms with E-state index in [1.54, 1.807) is 7.11 Å². The van der Waals surface area contributed by atoms with Gasteiger partial charge in [-0.1, -0.05) is 30.3 Å². The van der Waals surface area contributed by atoms with Crippen molar-refractivity contribution in [3.05, 3.63) is 71.9 Å². The number of ether oxygens (including phenoxy) is 3. The van der Waals surface area contributed by atoms with E-state index in [1.165, 1.54) is 0 Å². The van der Waals surface area contributed by atoms with Crippen LogP contribution in [0.25, 0.3) is 16.5 Å². The van der Waals surface area contributed by atoms with Crippen molar-refractivity contribution >= 4 is 16.5 Å². The van der Waals surface area contributed by atoms with Gasteiger partial charge in [0.2, 0.25) is 0 Å². The minimum atomic E-state index is -0.324. The molecule has 0 radical (unpaired) electrons. The zero-order chi connectivity index (χ0) is 16.5. The molecule has 1 fully saturated rings. The molecule has 0 aliphatic carbocycles. The third kappa shape index (κ3) is 2.70. The van der Waals surface area contributed by atoms with Crippen LogP contribution in [0.4, 0.5) is 0 Å². The number of hydrogen-bond donors (Lipinski definition) is 1. The van der Waals surface area contributed by atoms with E-state index in [1.807, 2.05) is 43.5 Å². The Morgan fingerprint density at radius 2 is 1.92 bits per heavy atom. The van der Waals surface area contributed by atoms with E-state index in [-0.39, 0.29) is 12.6 Å². The highest BCUT2D eigenvalue weighted by atomic mass is 16.9. The molecule has 1 aliphatic heterocycles. The molecule has 0 bridgehead atoms. The monoisotopic (exact) mass is 321 g/mol. The lowest BCUT2D eigenvalue weighted by atomic mass is 9.94. The molecular formula is C20H19NO3. The number of benzene rings is 2. The topological polar surface area (TPSA) is 43.5 Å². The number of H-pyrrole nitrogens is 1. The van der Waals surface area contributed by atoms with Crippen molar-refractivity contribution in [1.29, 1.82) is 0 Å². The van der Waals surface area contributed by atoms with Crippen LogP contribution in [0.15, 0.2) is 60.8 Å². The molecule has 2 aromatic carbocycles. The van der Waals surface area contributed by atoms with Crippen molar-refractivity contribution in [3.8, 4) is 5.75 Å². The lowest BCUT2D eigenvalue weighted by Crippen LogP contribution is -2.37. The third-order valence-corrected chi connectivity index (χ3v) is 4.21. The van der Waals surface area contributed by atoms with Gasteiger partial charge in [-0.3, -0.25) is 0 Å². The molecule has 1 aromatic heterocycles. The standard InChI is InChI=1S/C20H19NO3/c1-13-23-20(24-13)12-17(14-6-4-3-5-7-14)18-10-15(22-2)11-19-16(18)8-9-21-19/h3-13,20-21H,1-2H3/b17-12-. The van der Waals surface area contributed by atoms with Gasteiger partial charge in [0.15, 0.2) is 12.6 Å². The van der Waals surface area contributed by atoms with Gasteiger partial charge in [0.05, 0.1) is 7.11 Å². The Morgan fingerprint density at radius 3 is 2.62 bits per heavy atom. The van der Waals surface area contributed by atoms with Crippen LogP contribution in [0.2, 0.25) is 0 Å². The van der Waals surface area contributed by atoms with Gasteiger partial charge in [-0.2, -0.15) is 0 Å². The van der Waals surface area contributed by atoms with Crippen molar-refractivity contribution in [2.75, 3.05) is 7.11 Å². The average Bonchev–Trinajstić information content (AvgIpc) is 3.06. The Morgan fingerprint density at radius 1 is 1.12 bits per heavy atom. The first kappa shape index (κ1) is 15.0. The molecule has 1 N–H and O–H groups in total. The van der Waals surface area contributed by atoms with Crippen LogP contribution >= 0.6 is 0 Å². The summed E-state index contributed by atoms with van der Waals surface area (Å²) >= 11 is 0. The molecule has 4 heteroatoms. The molecule has 0 saturated carbocycles. The lowest BCUT2D eigenvalue weighted by Gasteiger charge is -2.32. The summed E-state index contributed by atoms with van der Waals surface area (Å²) in [5.41, 5.74) is 4.30. The number of nitrogens with one attached hydrogen (secondary N) is 1. The summed E-state index contributed by atoms with van der Waals surface area (Å²) in [5, 5.41) is 1.14.